The van der Waals surface area contributed by atoms with Gasteiger partial charge in [0.25, 0.3) is 0 Å². The van der Waals surface area contributed by atoms with Gasteiger partial charge in [-0.25, -0.2) is 0 Å². The smallest absolute Gasteiger partial charge is 0.0642 e. The quantitative estimate of drug-likeness (QED) is 0.294. The monoisotopic (exact) mass is 418 g/mol. The molecule has 1 nitrogen and oxygen atoms in total. The first kappa shape index (κ1) is 26.7. The molecule has 168 valence electrons. The fourth-order valence-corrected chi connectivity index (χ4v) is 3.58. The number of hydrogen-bond acceptors (Lipinski definition) is 1. The van der Waals surface area contributed by atoms with E-state index in [0.717, 1.165) is 11.1 Å². The first-order chi connectivity index (χ1) is 14.7. The Balaban J connectivity index is 2.62. The van der Waals surface area contributed by atoms with E-state index in [1.165, 1.54) is 29.6 Å². The maximum absolute atomic E-state index is 8.98. The van der Waals surface area contributed by atoms with E-state index in [4.69, 9.17) is 5.11 Å². The third kappa shape index (κ3) is 11.0. The highest BCUT2D eigenvalue weighted by molar-refractivity contribution is 5.31. The minimum atomic E-state index is 0.102. The number of rotatable bonds is 9. The van der Waals surface area contributed by atoms with Crippen LogP contribution in [-0.2, 0) is 0 Å². The van der Waals surface area contributed by atoms with Crippen LogP contribution in [0.2, 0.25) is 0 Å². The summed E-state index contributed by atoms with van der Waals surface area (Å²) < 4.78 is 0. The van der Waals surface area contributed by atoms with E-state index >= 15 is 0 Å². The molecule has 1 heteroatoms. The number of allylic oxidation sites excluding steroid dienone is 17. The molecule has 0 radical (unpaired) electrons. The van der Waals surface area contributed by atoms with E-state index in [9.17, 15) is 0 Å². The molecule has 0 aromatic rings. The van der Waals surface area contributed by atoms with Gasteiger partial charge in [-0.2, -0.15) is 0 Å². The third-order valence-corrected chi connectivity index (χ3v) is 5.68. The van der Waals surface area contributed by atoms with Gasteiger partial charge in [-0.05, 0) is 58.4 Å². The van der Waals surface area contributed by atoms with Crippen molar-refractivity contribution in [1.82, 2.24) is 0 Å². The average Bonchev–Trinajstić information content (AvgIpc) is 2.70. The number of hydrogen-bond donors (Lipinski definition) is 1. The Morgan fingerprint density at radius 1 is 0.871 bits per heavy atom. The van der Waals surface area contributed by atoms with Crippen molar-refractivity contribution >= 4 is 0 Å². The van der Waals surface area contributed by atoms with Gasteiger partial charge in [0.1, 0.15) is 0 Å². The van der Waals surface area contributed by atoms with Crippen molar-refractivity contribution in [3.8, 4) is 0 Å². The third-order valence-electron chi connectivity index (χ3n) is 5.68. The van der Waals surface area contributed by atoms with Gasteiger partial charge in [0.2, 0.25) is 0 Å². The van der Waals surface area contributed by atoms with E-state index in [1.807, 2.05) is 31.2 Å². The Bertz CT molecular complexity index is 845. The fraction of sp³-hybridized carbons (Fsp3) is 0.400. The van der Waals surface area contributed by atoms with Crippen LogP contribution in [0, 0.1) is 11.3 Å². The second kappa shape index (κ2) is 13.8. The molecule has 1 atom stereocenters. The molecule has 0 aliphatic heterocycles. The molecular formula is C30H42O. The van der Waals surface area contributed by atoms with Crippen LogP contribution < -0.4 is 0 Å². The van der Waals surface area contributed by atoms with Crippen molar-refractivity contribution in [3.63, 3.8) is 0 Å². The Morgan fingerprint density at radius 2 is 1.39 bits per heavy atom. The topological polar surface area (TPSA) is 20.2 Å². The second-order valence-electron chi connectivity index (χ2n) is 9.32. The number of aliphatic hydroxyl groups is 1. The Kier molecular flexibility index (Phi) is 11.9. The largest absolute Gasteiger partial charge is 0.392 e. The van der Waals surface area contributed by atoms with Gasteiger partial charge in [-0.3, -0.25) is 0 Å². The molecule has 0 saturated carbocycles. The fourth-order valence-electron chi connectivity index (χ4n) is 3.58. The maximum atomic E-state index is 8.98. The zero-order chi connectivity index (χ0) is 23.3. The van der Waals surface area contributed by atoms with E-state index in [1.54, 1.807) is 0 Å². The molecule has 0 bridgehead atoms. The molecule has 1 N–H and O–H groups in total. The molecule has 0 fully saturated rings. The van der Waals surface area contributed by atoms with Gasteiger partial charge in [-0.1, -0.05) is 115 Å². The lowest BCUT2D eigenvalue weighted by Gasteiger charge is -2.36. The molecule has 1 aliphatic rings. The molecule has 1 aliphatic carbocycles. The van der Waals surface area contributed by atoms with Gasteiger partial charge < -0.3 is 5.11 Å². The SMILES string of the molecule is CC1=CCCC(C)(C)C1/C=C/C(C)=C/C=C/C(C)=C/C=C/C=C(C)/C=C/C=C(\C)CO. The van der Waals surface area contributed by atoms with Crippen LogP contribution in [0.3, 0.4) is 0 Å². The van der Waals surface area contributed by atoms with Crippen LogP contribution in [0.1, 0.15) is 61.3 Å². The van der Waals surface area contributed by atoms with Gasteiger partial charge in [0.05, 0.1) is 6.61 Å². The normalized spacial score (nSPS) is 21.8. The summed E-state index contributed by atoms with van der Waals surface area (Å²) in [5.41, 5.74) is 6.43. The summed E-state index contributed by atoms with van der Waals surface area (Å²) in [5.74, 6) is 0.529. The van der Waals surface area contributed by atoms with Crippen molar-refractivity contribution in [3.05, 3.63) is 107 Å². The van der Waals surface area contributed by atoms with Crippen molar-refractivity contribution in [2.24, 2.45) is 11.3 Å². The summed E-state index contributed by atoms with van der Waals surface area (Å²) in [6, 6.07) is 0. The van der Waals surface area contributed by atoms with Gasteiger partial charge in [0.15, 0.2) is 0 Å². The first-order valence-corrected chi connectivity index (χ1v) is 11.3. The second-order valence-corrected chi connectivity index (χ2v) is 9.32. The zero-order valence-electron chi connectivity index (χ0n) is 20.7. The molecule has 1 unspecified atom stereocenters. The van der Waals surface area contributed by atoms with Crippen LogP contribution in [0.5, 0.6) is 0 Å². The standard InChI is InChI=1S/C30H42O/c1-24(13-8-9-14-25(2)16-11-18-27(4)23-31)15-10-17-26(3)20-21-29-28(5)19-12-22-30(29,6)7/h8-11,13-21,29,31H,12,22-23H2,1-7H3/b9-8+,15-10+,16-11+,21-20+,24-13+,25-14+,26-17+,27-18+. The maximum Gasteiger partial charge on any atom is 0.0642 e. The molecule has 1 rings (SSSR count). The summed E-state index contributed by atoms with van der Waals surface area (Å²) in [6.07, 6.45) is 30.1. The van der Waals surface area contributed by atoms with E-state index < -0.39 is 0 Å². The molecular weight excluding hydrogens is 376 g/mol. The summed E-state index contributed by atoms with van der Waals surface area (Å²) in [7, 11) is 0. The van der Waals surface area contributed by atoms with Crippen LogP contribution >= 0.6 is 0 Å². The highest BCUT2D eigenvalue weighted by Gasteiger charge is 2.30. The molecule has 0 spiro atoms. The molecule has 0 amide bonds. The van der Waals surface area contributed by atoms with Gasteiger partial charge >= 0.3 is 0 Å². The van der Waals surface area contributed by atoms with E-state index in [2.05, 4.69) is 96.2 Å². The minimum Gasteiger partial charge on any atom is -0.392 e. The van der Waals surface area contributed by atoms with Crippen LogP contribution in [0.4, 0.5) is 0 Å². The summed E-state index contributed by atoms with van der Waals surface area (Å²) >= 11 is 0. The Labute approximate surface area is 191 Å². The van der Waals surface area contributed by atoms with E-state index in [0.29, 0.717) is 11.3 Å². The zero-order valence-corrected chi connectivity index (χ0v) is 20.7. The lowest BCUT2D eigenvalue weighted by Crippen LogP contribution is -2.26. The first-order valence-electron chi connectivity index (χ1n) is 11.3. The summed E-state index contributed by atoms with van der Waals surface area (Å²) in [6.45, 7) is 15.4. The predicted octanol–water partition coefficient (Wildman–Crippen LogP) is 8.37. The highest BCUT2D eigenvalue weighted by atomic mass is 16.3. The Morgan fingerprint density at radius 3 is 1.94 bits per heavy atom. The molecule has 31 heavy (non-hydrogen) atoms. The van der Waals surface area contributed by atoms with Crippen molar-refractivity contribution in [2.45, 2.75) is 61.3 Å². The van der Waals surface area contributed by atoms with E-state index in [-0.39, 0.29) is 6.61 Å². The molecule has 0 aromatic carbocycles. The predicted molar refractivity (Wildman–Crippen MR) is 139 cm³/mol. The summed E-state index contributed by atoms with van der Waals surface area (Å²) in [5, 5.41) is 8.98. The lowest BCUT2D eigenvalue weighted by molar-refractivity contribution is 0.255. The van der Waals surface area contributed by atoms with Crippen molar-refractivity contribution in [1.29, 1.82) is 0 Å². The van der Waals surface area contributed by atoms with Gasteiger partial charge in [-0.15, -0.1) is 0 Å². The van der Waals surface area contributed by atoms with Crippen molar-refractivity contribution in [2.75, 3.05) is 6.61 Å². The lowest BCUT2D eigenvalue weighted by atomic mass is 9.68. The van der Waals surface area contributed by atoms with Gasteiger partial charge in [0, 0.05) is 5.92 Å². The van der Waals surface area contributed by atoms with Crippen LogP contribution in [-0.4, -0.2) is 11.7 Å². The molecule has 0 heterocycles. The molecule has 0 aromatic heterocycles. The summed E-state index contributed by atoms with van der Waals surface area (Å²) in [4.78, 5) is 0. The Hall–Kier alpha value is -2.38. The van der Waals surface area contributed by atoms with Crippen LogP contribution in [0.25, 0.3) is 0 Å². The van der Waals surface area contributed by atoms with Crippen LogP contribution in [0.15, 0.2) is 107 Å². The highest BCUT2D eigenvalue weighted by Crippen LogP contribution is 2.41. The van der Waals surface area contributed by atoms with Crippen molar-refractivity contribution < 1.29 is 5.11 Å². The number of aliphatic hydroxyl groups excluding tert-OH is 1. The minimum absolute atomic E-state index is 0.102. The molecule has 0 saturated heterocycles. The average molecular weight is 419 g/mol.